The van der Waals surface area contributed by atoms with E-state index in [-0.39, 0.29) is 0 Å². The van der Waals surface area contributed by atoms with Crippen molar-refractivity contribution in [3.05, 3.63) is 24.8 Å². The Bertz CT molecular complexity index is 403. The summed E-state index contributed by atoms with van der Waals surface area (Å²) < 4.78 is 34.9. The van der Waals surface area contributed by atoms with Crippen LogP contribution in [0, 0.1) is 0 Å². The van der Waals surface area contributed by atoms with E-state index in [1.165, 1.54) is 18.7 Å². The second kappa shape index (κ2) is 7.15. The fourth-order valence-electron chi connectivity index (χ4n) is 1.09. The maximum Gasteiger partial charge on any atom is 0.258 e. The first kappa shape index (κ1) is 14.8. The lowest BCUT2D eigenvalue weighted by Gasteiger charge is -1.91. The summed E-state index contributed by atoms with van der Waals surface area (Å²) in [4.78, 5) is 3.18. The van der Waals surface area contributed by atoms with Crippen molar-refractivity contribution < 1.29 is 22.1 Å². The Morgan fingerprint density at radius 1 is 1.69 bits per heavy atom. The lowest BCUT2D eigenvalue weighted by molar-refractivity contribution is -0.575. The Kier molecular flexibility index (Phi) is 6.63. The van der Waals surface area contributed by atoms with E-state index >= 15 is 0 Å². The van der Waals surface area contributed by atoms with E-state index in [2.05, 4.69) is 18.5 Å². The molecule has 1 aromatic heterocycles. The van der Waals surface area contributed by atoms with Gasteiger partial charge in [0.25, 0.3) is 5.82 Å². The van der Waals surface area contributed by atoms with Crippen LogP contribution in [0.5, 0.6) is 0 Å². The number of H-pyrrole nitrogens is 1. The minimum atomic E-state index is -4.92. The highest BCUT2D eigenvalue weighted by Gasteiger charge is 2.05. The highest BCUT2D eigenvalue weighted by Crippen LogP contribution is 1.95. The van der Waals surface area contributed by atoms with Crippen LogP contribution in [0.3, 0.4) is 0 Å². The van der Waals surface area contributed by atoms with Crippen LogP contribution < -0.4 is 4.57 Å². The van der Waals surface area contributed by atoms with Crippen LogP contribution in [-0.2, 0) is 16.8 Å². The fourth-order valence-corrected chi connectivity index (χ4v) is 1.09. The summed E-state index contributed by atoms with van der Waals surface area (Å²) in [6.07, 6.45) is 9.31. The normalized spacial score (nSPS) is 10.4. The highest BCUT2D eigenvalue weighted by atomic mass is 32.3. The van der Waals surface area contributed by atoms with Crippen molar-refractivity contribution >= 4 is 16.6 Å². The number of hydrogen-bond donors (Lipinski definition) is 2. The fraction of sp³-hybridized carbons (Fsp3) is 0.444. The average molecular weight is 248 g/mol. The van der Waals surface area contributed by atoms with Gasteiger partial charge >= 0.3 is 0 Å². The molecule has 0 radical (unpaired) electrons. The second-order valence-electron chi connectivity index (χ2n) is 3.03. The third-order valence-electron chi connectivity index (χ3n) is 1.76. The van der Waals surface area contributed by atoms with E-state index in [0.29, 0.717) is 0 Å². The van der Waals surface area contributed by atoms with Crippen molar-refractivity contribution in [3.63, 3.8) is 0 Å². The summed E-state index contributed by atoms with van der Waals surface area (Å²) in [6.45, 7) is 5.91. The summed E-state index contributed by atoms with van der Waals surface area (Å²) >= 11 is 0. The number of aromatic nitrogens is 2. The van der Waals surface area contributed by atoms with E-state index in [0.717, 1.165) is 6.42 Å². The predicted octanol–water partition coefficient (Wildman–Crippen LogP) is 0.750. The first-order valence-electron chi connectivity index (χ1n) is 4.76. The smallest absolute Gasteiger partial charge is 0.258 e. The molecule has 0 bridgehead atoms. The van der Waals surface area contributed by atoms with Crippen LogP contribution in [0.4, 0.5) is 0 Å². The summed E-state index contributed by atoms with van der Waals surface area (Å²) in [7, 11) is -4.92. The van der Waals surface area contributed by atoms with Crippen LogP contribution in [0.1, 0.15) is 25.6 Å². The van der Waals surface area contributed by atoms with Crippen molar-refractivity contribution in [1.82, 2.24) is 4.98 Å². The zero-order valence-corrected chi connectivity index (χ0v) is 9.90. The van der Waals surface area contributed by atoms with Crippen molar-refractivity contribution in [2.24, 2.45) is 0 Å². The molecule has 0 spiro atoms. The van der Waals surface area contributed by atoms with Crippen molar-refractivity contribution in [3.8, 4) is 0 Å². The molecule has 1 aromatic rings. The van der Waals surface area contributed by atoms with Crippen LogP contribution in [-0.4, -0.2) is 22.5 Å². The summed E-state index contributed by atoms with van der Waals surface area (Å²) in [5, 5.41) is 0. The number of nitrogens with zero attached hydrogens (tertiary/aromatic N) is 1. The zero-order chi connectivity index (χ0) is 12.6. The van der Waals surface area contributed by atoms with Gasteiger partial charge in [-0.3, -0.25) is 4.55 Å². The minimum Gasteiger partial charge on any atom is -0.726 e. The molecule has 0 saturated heterocycles. The van der Waals surface area contributed by atoms with Gasteiger partial charge in [-0.15, -0.1) is 0 Å². The SMILES string of the molecule is C=C[n+]1cc[nH]c1CCCC.O=S(=O)([O-])O. The first-order valence-corrected chi connectivity index (χ1v) is 6.13. The number of hydrogen-bond acceptors (Lipinski definition) is 3. The van der Waals surface area contributed by atoms with Crippen LogP contribution >= 0.6 is 0 Å². The lowest BCUT2D eigenvalue weighted by atomic mass is 10.2. The zero-order valence-electron chi connectivity index (χ0n) is 9.09. The van der Waals surface area contributed by atoms with Gasteiger partial charge in [0.05, 0.1) is 6.20 Å². The number of rotatable bonds is 4. The molecule has 92 valence electrons. The molecule has 6 nitrogen and oxygen atoms in total. The molecular formula is C9H16N2O4S. The average Bonchev–Trinajstić information content (AvgIpc) is 2.59. The van der Waals surface area contributed by atoms with Crippen molar-refractivity contribution in [2.75, 3.05) is 0 Å². The maximum absolute atomic E-state index is 8.63. The molecule has 16 heavy (non-hydrogen) atoms. The van der Waals surface area contributed by atoms with Crippen molar-refractivity contribution in [1.29, 1.82) is 0 Å². The molecule has 0 saturated carbocycles. The molecule has 0 fully saturated rings. The van der Waals surface area contributed by atoms with Crippen LogP contribution in [0.15, 0.2) is 19.0 Å². The minimum absolute atomic E-state index is 1.11. The number of unbranched alkanes of at least 4 members (excludes halogenated alkanes) is 1. The van der Waals surface area contributed by atoms with E-state index in [4.69, 9.17) is 17.5 Å². The van der Waals surface area contributed by atoms with E-state index in [9.17, 15) is 0 Å². The van der Waals surface area contributed by atoms with Gasteiger partial charge in [-0.1, -0.05) is 19.9 Å². The van der Waals surface area contributed by atoms with Gasteiger partial charge in [0.1, 0.15) is 12.4 Å². The van der Waals surface area contributed by atoms with Crippen LogP contribution in [0.25, 0.3) is 6.20 Å². The van der Waals surface area contributed by atoms with Gasteiger partial charge in [0.15, 0.2) is 0 Å². The summed E-state index contributed by atoms with van der Waals surface area (Å²) in [5.74, 6) is 1.24. The lowest BCUT2D eigenvalue weighted by Crippen LogP contribution is -2.27. The first-order chi connectivity index (χ1) is 7.38. The number of nitrogens with one attached hydrogen (secondary N) is 1. The standard InChI is InChI=1S/C9H14N2.H2O4S/c1-3-5-6-9-10-7-8-11(9)4-2;1-5(2,3)4/h4,7-8H,2-3,5-6H2,1H3;(H2,1,2,3,4). The van der Waals surface area contributed by atoms with Crippen LogP contribution in [0.2, 0.25) is 0 Å². The highest BCUT2D eigenvalue weighted by molar-refractivity contribution is 7.79. The quantitative estimate of drug-likeness (QED) is 0.466. The molecule has 0 aliphatic carbocycles. The number of aryl methyl sites for hydroxylation is 1. The van der Waals surface area contributed by atoms with Gasteiger partial charge in [-0.2, -0.15) is 0 Å². The molecule has 1 rings (SSSR count). The molecule has 0 unspecified atom stereocenters. The Hall–Kier alpha value is -1.18. The number of imidazole rings is 1. The molecule has 2 N–H and O–H groups in total. The van der Waals surface area contributed by atoms with E-state index in [1.54, 1.807) is 0 Å². The molecule has 0 aromatic carbocycles. The molecule has 0 amide bonds. The monoisotopic (exact) mass is 248 g/mol. The molecule has 0 aliphatic heterocycles. The Labute approximate surface area is 95.2 Å². The third kappa shape index (κ3) is 8.16. The maximum atomic E-state index is 8.63. The Balaban J connectivity index is 0.000000385. The largest absolute Gasteiger partial charge is 0.726 e. The molecular weight excluding hydrogens is 232 g/mol. The van der Waals surface area contributed by atoms with Gasteiger partial charge < -0.3 is 4.55 Å². The summed E-state index contributed by atoms with van der Waals surface area (Å²) in [5.41, 5.74) is 0. The molecule has 7 heteroatoms. The molecule has 0 aliphatic rings. The molecule has 1 heterocycles. The van der Waals surface area contributed by atoms with E-state index in [1.807, 2.05) is 23.2 Å². The summed E-state index contributed by atoms with van der Waals surface area (Å²) in [6, 6.07) is 0. The Morgan fingerprint density at radius 2 is 2.25 bits per heavy atom. The Morgan fingerprint density at radius 3 is 2.69 bits per heavy atom. The third-order valence-corrected chi connectivity index (χ3v) is 1.76. The predicted molar refractivity (Wildman–Crippen MR) is 58.3 cm³/mol. The van der Waals surface area contributed by atoms with Gasteiger partial charge in [0.2, 0.25) is 10.4 Å². The van der Waals surface area contributed by atoms with Gasteiger partial charge in [-0.25, -0.2) is 18.0 Å². The van der Waals surface area contributed by atoms with Gasteiger partial charge in [0, 0.05) is 6.42 Å². The van der Waals surface area contributed by atoms with Gasteiger partial charge in [-0.05, 0) is 6.42 Å². The van der Waals surface area contributed by atoms with E-state index < -0.39 is 10.4 Å². The second-order valence-corrected chi connectivity index (χ2v) is 3.88. The number of aromatic amines is 1. The topological polar surface area (TPSA) is 97.1 Å². The molecule has 0 atom stereocenters. The van der Waals surface area contributed by atoms with Crippen molar-refractivity contribution in [2.45, 2.75) is 26.2 Å².